The first-order valence-electron chi connectivity index (χ1n) is 5.35. The lowest BCUT2D eigenvalue weighted by Gasteiger charge is -2.38. The van der Waals surface area contributed by atoms with Gasteiger partial charge in [-0.1, -0.05) is 0 Å². The Labute approximate surface area is 78.3 Å². The fraction of sp³-hybridized carbons (Fsp3) is 0.909. The predicted octanol–water partition coefficient (Wildman–Crippen LogP) is 2.29. The highest BCUT2D eigenvalue weighted by Gasteiger charge is 2.73. The molecule has 0 saturated heterocycles. The quantitative estimate of drug-likeness (QED) is 0.672. The number of carboxylic acids is 1. The molecule has 72 valence electrons. The highest BCUT2D eigenvalue weighted by molar-refractivity contribution is 5.77. The summed E-state index contributed by atoms with van der Waals surface area (Å²) in [6, 6.07) is 0. The molecule has 3 aliphatic carbocycles. The van der Waals surface area contributed by atoms with Crippen LogP contribution < -0.4 is 0 Å². The minimum Gasteiger partial charge on any atom is -0.481 e. The minimum absolute atomic E-state index is 0.238. The van der Waals surface area contributed by atoms with Crippen LogP contribution in [0.1, 0.15) is 39.0 Å². The van der Waals surface area contributed by atoms with E-state index in [0.29, 0.717) is 5.92 Å². The lowest BCUT2D eigenvalue weighted by Crippen LogP contribution is -2.42. The number of carbonyl (C=O) groups is 1. The Morgan fingerprint density at radius 3 is 2.38 bits per heavy atom. The van der Waals surface area contributed by atoms with E-state index in [1.165, 1.54) is 25.7 Å². The minimum atomic E-state index is -0.530. The van der Waals surface area contributed by atoms with Gasteiger partial charge in [0.1, 0.15) is 0 Å². The maximum absolute atomic E-state index is 11.4. The van der Waals surface area contributed by atoms with E-state index in [1.54, 1.807) is 0 Å². The molecule has 0 aliphatic heterocycles. The molecule has 0 aromatic carbocycles. The largest absolute Gasteiger partial charge is 0.481 e. The molecular weight excluding hydrogens is 164 g/mol. The van der Waals surface area contributed by atoms with Crippen LogP contribution in [0.4, 0.5) is 0 Å². The standard InChI is InChI=1S/C11H16O2/c1-10(9(12)13)7-2-3-8(6-7)11(10)4-5-11/h7-8H,2-6H2,1H3,(H,12,13). The van der Waals surface area contributed by atoms with Crippen molar-refractivity contribution in [3.8, 4) is 0 Å². The van der Waals surface area contributed by atoms with Crippen molar-refractivity contribution >= 4 is 5.97 Å². The van der Waals surface area contributed by atoms with Gasteiger partial charge in [-0.15, -0.1) is 0 Å². The van der Waals surface area contributed by atoms with Gasteiger partial charge >= 0.3 is 5.97 Å². The van der Waals surface area contributed by atoms with Crippen LogP contribution >= 0.6 is 0 Å². The van der Waals surface area contributed by atoms with Gasteiger partial charge in [-0.3, -0.25) is 4.79 Å². The second-order valence-electron chi connectivity index (χ2n) is 5.37. The molecule has 0 aromatic heterocycles. The van der Waals surface area contributed by atoms with Crippen LogP contribution in [0.5, 0.6) is 0 Å². The van der Waals surface area contributed by atoms with Crippen molar-refractivity contribution < 1.29 is 9.90 Å². The molecule has 3 saturated carbocycles. The maximum atomic E-state index is 11.4. The van der Waals surface area contributed by atoms with Gasteiger partial charge in [-0.2, -0.15) is 0 Å². The van der Waals surface area contributed by atoms with Gasteiger partial charge in [0.2, 0.25) is 0 Å². The molecule has 3 unspecified atom stereocenters. The van der Waals surface area contributed by atoms with Crippen LogP contribution in [-0.2, 0) is 4.79 Å². The molecule has 1 N–H and O–H groups in total. The lowest BCUT2D eigenvalue weighted by atomic mass is 9.65. The Bertz CT molecular complexity index is 280. The van der Waals surface area contributed by atoms with Crippen molar-refractivity contribution in [1.29, 1.82) is 0 Å². The molecule has 3 fully saturated rings. The first kappa shape index (κ1) is 7.84. The summed E-state index contributed by atoms with van der Waals surface area (Å²) in [5.74, 6) is 0.702. The first-order valence-corrected chi connectivity index (χ1v) is 5.35. The molecule has 0 amide bonds. The van der Waals surface area contributed by atoms with Crippen molar-refractivity contribution in [1.82, 2.24) is 0 Å². The number of fused-ring (bicyclic) bond motifs is 3. The average Bonchev–Trinajstić information content (AvgIpc) is 2.67. The van der Waals surface area contributed by atoms with E-state index in [0.717, 1.165) is 12.3 Å². The van der Waals surface area contributed by atoms with E-state index in [1.807, 2.05) is 6.92 Å². The van der Waals surface area contributed by atoms with Gasteiger partial charge in [0.25, 0.3) is 0 Å². The van der Waals surface area contributed by atoms with E-state index in [-0.39, 0.29) is 10.8 Å². The molecule has 13 heavy (non-hydrogen) atoms. The fourth-order valence-corrected chi connectivity index (χ4v) is 4.29. The smallest absolute Gasteiger partial charge is 0.310 e. The van der Waals surface area contributed by atoms with E-state index in [9.17, 15) is 9.90 Å². The van der Waals surface area contributed by atoms with Gasteiger partial charge in [0, 0.05) is 0 Å². The van der Waals surface area contributed by atoms with Gasteiger partial charge in [-0.25, -0.2) is 0 Å². The van der Waals surface area contributed by atoms with Gasteiger partial charge in [-0.05, 0) is 56.3 Å². The monoisotopic (exact) mass is 180 g/mol. The van der Waals surface area contributed by atoms with Crippen LogP contribution in [0.3, 0.4) is 0 Å². The van der Waals surface area contributed by atoms with Crippen LogP contribution in [0, 0.1) is 22.7 Å². The molecule has 2 heteroatoms. The molecule has 2 bridgehead atoms. The third-order valence-electron chi connectivity index (χ3n) is 5.30. The van der Waals surface area contributed by atoms with E-state index in [2.05, 4.69) is 0 Å². The van der Waals surface area contributed by atoms with Crippen molar-refractivity contribution in [2.45, 2.75) is 39.0 Å². The van der Waals surface area contributed by atoms with Crippen molar-refractivity contribution in [3.63, 3.8) is 0 Å². The summed E-state index contributed by atoms with van der Waals surface area (Å²) in [4.78, 5) is 11.4. The third kappa shape index (κ3) is 0.628. The van der Waals surface area contributed by atoms with Crippen LogP contribution in [-0.4, -0.2) is 11.1 Å². The third-order valence-corrected chi connectivity index (χ3v) is 5.30. The SMILES string of the molecule is CC1(C(=O)O)C2CCC(C2)C12CC2. The summed E-state index contributed by atoms with van der Waals surface area (Å²) in [5.41, 5.74) is -0.127. The van der Waals surface area contributed by atoms with Gasteiger partial charge < -0.3 is 5.11 Å². The van der Waals surface area contributed by atoms with Gasteiger partial charge in [0.05, 0.1) is 5.41 Å². The zero-order valence-electron chi connectivity index (χ0n) is 8.05. The average molecular weight is 180 g/mol. The molecule has 2 nitrogen and oxygen atoms in total. The summed E-state index contributed by atoms with van der Waals surface area (Å²) in [6.07, 6.45) is 6.01. The number of aliphatic carboxylic acids is 1. The summed E-state index contributed by atoms with van der Waals surface area (Å²) in [5, 5.41) is 9.37. The zero-order valence-corrected chi connectivity index (χ0v) is 8.05. The van der Waals surface area contributed by atoms with Crippen LogP contribution in [0.2, 0.25) is 0 Å². The van der Waals surface area contributed by atoms with Crippen LogP contribution in [0.25, 0.3) is 0 Å². The van der Waals surface area contributed by atoms with Crippen LogP contribution in [0.15, 0.2) is 0 Å². The Balaban J connectivity index is 2.08. The fourth-order valence-electron chi connectivity index (χ4n) is 4.29. The first-order chi connectivity index (χ1) is 6.11. The molecule has 3 atom stereocenters. The molecule has 0 heterocycles. The second-order valence-corrected chi connectivity index (χ2v) is 5.37. The Morgan fingerprint density at radius 2 is 1.92 bits per heavy atom. The highest BCUT2D eigenvalue weighted by Crippen LogP contribution is 2.77. The van der Waals surface area contributed by atoms with Crippen molar-refractivity contribution in [2.24, 2.45) is 22.7 Å². The molecule has 1 spiro atoms. The topological polar surface area (TPSA) is 37.3 Å². The Morgan fingerprint density at radius 1 is 1.31 bits per heavy atom. The number of rotatable bonds is 1. The number of carboxylic acid groups (broad SMARTS) is 1. The number of hydrogen-bond acceptors (Lipinski definition) is 1. The highest BCUT2D eigenvalue weighted by atomic mass is 16.4. The molecule has 3 aliphatic rings. The van der Waals surface area contributed by atoms with E-state index in [4.69, 9.17) is 0 Å². The van der Waals surface area contributed by atoms with Crippen molar-refractivity contribution in [2.75, 3.05) is 0 Å². The zero-order chi connectivity index (χ0) is 9.27. The summed E-state index contributed by atoms with van der Waals surface area (Å²) >= 11 is 0. The van der Waals surface area contributed by atoms with E-state index >= 15 is 0 Å². The maximum Gasteiger partial charge on any atom is 0.310 e. The molecule has 0 aromatic rings. The molecular formula is C11H16O2. The molecule has 0 radical (unpaired) electrons. The predicted molar refractivity (Wildman–Crippen MR) is 48.2 cm³/mol. The Hall–Kier alpha value is -0.530. The summed E-state index contributed by atoms with van der Waals surface area (Å²) in [7, 11) is 0. The second kappa shape index (κ2) is 1.94. The summed E-state index contributed by atoms with van der Waals surface area (Å²) in [6.45, 7) is 2.01. The normalized spacial score (nSPS) is 49.9. The number of hydrogen-bond donors (Lipinski definition) is 1. The lowest BCUT2D eigenvalue weighted by molar-refractivity contribution is -0.156. The Kier molecular flexibility index (Phi) is 1.17. The molecule has 3 rings (SSSR count). The summed E-state index contributed by atoms with van der Waals surface area (Å²) < 4.78 is 0. The van der Waals surface area contributed by atoms with Crippen molar-refractivity contribution in [3.05, 3.63) is 0 Å². The van der Waals surface area contributed by atoms with Gasteiger partial charge in [0.15, 0.2) is 0 Å². The van der Waals surface area contributed by atoms with E-state index < -0.39 is 5.97 Å².